The largest absolute Gasteiger partial charge is 0.486 e. The molecule has 1 aromatic rings. The molecule has 0 aliphatic carbocycles. The molecule has 5 nitrogen and oxygen atoms in total. The van der Waals surface area contributed by atoms with E-state index in [-0.39, 0.29) is 11.9 Å². The van der Waals surface area contributed by atoms with Crippen LogP contribution in [0.5, 0.6) is 11.5 Å². The van der Waals surface area contributed by atoms with E-state index in [0.717, 1.165) is 40.8 Å². The molecule has 0 saturated carbocycles. The lowest BCUT2D eigenvalue weighted by Gasteiger charge is -2.22. The summed E-state index contributed by atoms with van der Waals surface area (Å²) in [5.74, 6) is 1.22. The first kappa shape index (κ1) is 15.1. The van der Waals surface area contributed by atoms with Crippen molar-refractivity contribution in [2.24, 2.45) is 11.5 Å². The van der Waals surface area contributed by atoms with Gasteiger partial charge in [0.1, 0.15) is 13.2 Å². The van der Waals surface area contributed by atoms with E-state index in [2.05, 4.69) is 15.9 Å². The van der Waals surface area contributed by atoms with E-state index in [4.69, 9.17) is 20.9 Å². The van der Waals surface area contributed by atoms with Gasteiger partial charge in [0.15, 0.2) is 11.5 Å². The van der Waals surface area contributed by atoms with E-state index < -0.39 is 0 Å². The summed E-state index contributed by atoms with van der Waals surface area (Å²) in [6, 6.07) is 3.72. The van der Waals surface area contributed by atoms with E-state index in [1.165, 1.54) is 0 Å². The van der Waals surface area contributed by atoms with Crippen molar-refractivity contribution in [1.29, 1.82) is 0 Å². The first-order chi connectivity index (χ1) is 9.58. The third-order valence-corrected chi connectivity index (χ3v) is 3.94. The number of primary amides is 1. The van der Waals surface area contributed by atoms with E-state index in [1.807, 2.05) is 12.1 Å². The molecule has 1 aromatic carbocycles. The fraction of sp³-hybridized carbons (Fsp3) is 0.500. The number of amides is 1. The van der Waals surface area contributed by atoms with Crippen LogP contribution in [0.3, 0.4) is 0 Å². The van der Waals surface area contributed by atoms with E-state index in [1.54, 1.807) is 0 Å². The minimum Gasteiger partial charge on any atom is -0.486 e. The Kier molecular flexibility index (Phi) is 5.25. The van der Waals surface area contributed by atoms with Gasteiger partial charge in [-0.2, -0.15) is 0 Å². The number of carbonyl (C=O) groups is 1. The summed E-state index contributed by atoms with van der Waals surface area (Å²) >= 11 is 3.52. The monoisotopic (exact) mass is 342 g/mol. The van der Waals surface area contributed by atoms with Gasteiger partial charge in [-0.3, -0.25) is 4.79 Å². The molecule has 1 unspecified atom stereocenters. The van der Waals surface area contributed by atoms with Crippen molar-refractivity contribution in [3.05, 3.63) is 22.2 Å². The Balaban J connectivity index is 1.98. The van der Waals surface area contributed by atoms with Crippen molar-refractivity contribution in [2.75, 3.05) is 13.2 Å². The molecule has 0 spiro atoms. The number of hydrogen-bond donors (Lipinski definition) is 2. The molecule has 2 rings (SSSR count). The smallest absolute Gasteiger partial charge is 0.217 e. The van der Waals surface area contributed by atoms with Gasteiger partial charge in [0, 0.05) is 16.9 Å². The van der Waals surface area contributed by atoms with Crippen LogP contribution in [0.2, 0.25) is 0 Å². The maximum absolute atomic E-state index is 10.7. The van der Waals surface area contributed by atoms with Gasteiger partial charge >= 0.3 is 0 Å². The number of benzene rings is 1. The number of unbranched alkanes of at least 4 members (excludes halogenated alkanes) is 1. The number of carbonyl (C=O) groups excluding carboxylic acids is 1. The summed E-state index contributed by atoms with van der Waals surface area (Å²) in [7, 11) is 0. The molecule has 0 fully saturated rings. The van der Waals surface area contributed by atoms with Crippen LogP contribution >= 0.6 is 15.9 Å². The van der Waals surface area contributed by atoms with Gasteiger partial charge in [-0.25, -0.2) is 0 Å². The Morgan fingerprint density at radius 3 is 2.55 bits per heavy atom. The van der Waals surface area contributed by atoms with Crippen LogP contribution in [0.4, 0.5) is 0 Å². The lowest BCUT2D eigenvalue weighted by molar-refractivity contribution is -0.118. The summed E-state index contributed by atoms with van der Waals surface area (Å²) in [5.41, 5.74) is 12.3. The SMILES string of the molecule is NC(=O)CCCCC(N)c1cc2c(cc1Br)OCCO2. The molecule has 6 heteroatoms. The number of rotatable bonds is 6. The second kappa shape index (κ2) is 6.95. The number of hydrogen-bond acceptors (Lipinski definition) is 4. The van der Waals surface area contributed by atoms with Crippen molar-refractivity contribution < 1.29 is 14.3 Å². The summed E-state index contributed by atoms with van der Waals surface area (Å²) in [4.78, 5) is 10.7. The van der Waals surface area contributed by atoms with Crippen molar-refractivity contribution >= 4 is 21.8 Å². The van der Waals surface area contributed by atoms with E-state index in [9.17, 15) is 4.79 Å². The zero-order valence-corrected chi connectivity index (χ0v) is 12.8. The maximum Gasteiger partial charge on any atom is 0.217 e. The van der Waals surface area contributed by atoms with Crippen molar-refractivity contribution in [3.8, 4) is 11.5 Å². The van der Waals surface area contributed by atoms with Gasteiger partial charge in [0.05, 0.1) is 0 Å². The molecule has 0 aromatic heterocycles. The summed E-state index contributed by atoms with van der Waals surface area (Å²) in [6.45, 7) is 1.12. The minimum atomic E-state index is -0.265. The fourth-order valence-corrected chi connectivity index (χ4v) is 2.80. The zero-order chi connectivity index (χ0) is 14.5. The number of halogens is 1. The maximum atomic E-state index is 10.7. The minimum absolute atomic E-state index is 0.104. The van der Waals surface area contributed by atoms with Gasteiger partial charge in [0.25, 0.3) is 0 Å². The van der Waals surface area contributed by atoms with Gasteiger partial charge in [-0.1, -0.05) is 22.4 Å². The fourth-order valence-electron chi connectivity index (χ4n) is 2.18. The molecule has 0 radical (unpaired) electrons. The van der Waals surface area contributed by atoms with Crippen LogP contribution in [0, 0.1) is 0 Å². The quantitative estimate of drug-likeness (QED) is 0.776. The number of nitrogens with two attached hydrogens (primary N) is 2. The Bertz CT molecular complexity index is 494. The first-order valence-corrected chi connectivity index (χ1v) is 7.50. The third kappa shape index (κ3) is 3.86. The summed E-state index contributed by atoms with van der Waals surface area (Å²) in [6.07, 6.45) is 2.84. The van der Waals surface area contributed by atoms with Crippen LogP contribution in [0.15, 0.2) is 16.6 Å². The van der Waals surface area contributed by atoms with Crippen LogP contribution in [0.25, 0.3) is 0 Å². The predicted molar refractivity (Wildman–Crippen MR) is 79.7 cm³/mol. The number of fused-ring (bicyclic) bond motifs is 1. The number of ether oxygens (including phenoxy) is 2. The predicted octanol–water partition coefficient (Wildman–Crippen LogP) is 2.27. The Hall–Kier alpha value is -1.27. The molecule has 1 amide bonds. The molecular formula is C14H19BrN2O3. The first-order valence-electron chi connectivity index (χ1n) is 6.71. The molecule has 20 heavy (non-hydrogen) atoms. The highest BCUT2D eigenvalue weighted by Gasteiger charge is 2.18. The van der Waals surface area contributed by atoms with Crippen LogP contribution in [-0.2, 0) is 4.79 Å². The second-order valence-electron chi connectivity index (χ2n) is 4.84. The topological polar surface area (TPSA) is 87.6 Å². The van der Waals surface area contributed by atoms with Gasteiger partial charge in [0.2, 0.25) is 5.91 Å². The lowest BCUT2D eigenvalue weighted by atomic mass is 10.0. The highest BCUT2D eigenvalue weighted by Crippen LogP contribution is 2.38. The molecule has 110 valence electrons. The van der Waals surface area contributed by atoms with E-state index >= 15 is 0 Å². The molecule has 1 atom stereocenters. The highest BCUT2D eigenvalue weighted by molar-refractivity contribution is 9.10. The van der Waals surface area contributed by atoms with Gasteiger partial charge in [-0.05, 0) is 30.5 Å². The van der Waals surface area contributed by atoms with Crippen molar-refractivity contribution in [2.45, 2.75) is 31.7 Å². The summed E-state index contributed by atoms with van der Waals surface area (Å²) in [5, 5.41) is 0. The van der Waals surface area contributed by atoms with Gasteiger partial charge in [-0.15, -0.1) is 0 Å². The average Bonchev–Trinajstić information content (AvgIpc) is 2.42. The lowest BCUT2D eigenvalue weighted by Crippen LogP contribution is -2.17. The third-order valence-electron chi connectivity index (χ3n) is 3.25. The Morgan fingerprint density at radius 1 is 1.25 bits per heavy atom. The molecule has 0 bridgehead atoms. The normalized spacial score (nSPS) is 14.9. The molecule has 4 N–H and O–H groups in total. The van der Waals surface area contributed by atoms with Crippen LogP contribution < -0.4 is 20.9 Å². The molecule has 1 aliphatic rings. The summed E-state index contributed by atoms with van der Waals surface area (Å²) < 4.78 is 12.0. The highest BCUT2D eigenvalue weighted by atomic mass is 79.9. The van der Waals surface area contributed by atoms with E-state index in [0.29, 0.717) is 19.6 Å². The van der Waals surface area contributed by atoms with Crippen LogP contribution in [-0.4, -0.2) is 19.1 Å². The molecule has 1 aliphatic heterocycles. The zero-order valence-electron chi connectivity index (χ0n) is 11.2. The Morgan fingerprint density at radius 2 is 1.90 bits per heavy atom. The van der Waals surface area contributed by atoms with Gasteiger partial charge < -0.3 is 20.9 Å². The second-order valence-corrected chi connectivity index (χ2v) is 5.69. The van der Waals surface area contributed by atoms with Crippen LogP contribution in [0.1, 0.15) is 37.3 Å². The standard InChI is InChI=1S/C14H19BrN2O3/c15-10-8-13-12(19-5-6-20-13)7-9(10)11(16)3-1-2-4-14(17)18/h7-8,11H,1-6,16H2,(H2,17,18). The molecule has 0 saturated heterocycles. The molecular weight excluding hydrogens is 324 g/mol. The van der Waals surface area contributed by atoms with Crippen molar-refractivity contribution in [1.82, 2.24) is 0 Å². The molecule has 1 heterocycles. The van der Waals surface area contributed by atoms with Crippen molar-refractivity contribution in [3.63, 3.8) is 0 Å². The average molecular weight is 343 g/mol. The Labute approximate surface area is 126 Å².